The van der Waals surface area contributed by atoms with Gasteiger partial charge in [0.1, 0.15) is 18.0 Å². The van der Waals surface area contributed by atoms with Gasteiger partial charge in [-0.3, -0.25) is 0 Å². The third-order valence-electron chi connectivity index (χ3n) is 3.33. The van der Waals surface area contributed by atoms with Crippen molar-refractivity contribution in [3.05, 3.63) is 33.1 Å². The lowest BCUT2D eigenvalue weighted by atomic mass is 10.1. The highest BCUT2D eigenvalue weighted by atomic mass is 127. The summed E-state index contributed by atoms with van der Waals surface area (Å²) in [5.74, 6) is 1.27. The number of hydrogen-bond acceptors (Lipinski definition) is 4. The Morgan fingerprint density at radius 2 is 2.15 bits per heavy atom. The lowest BCUT2D eigenvalue weighted by Crippen LogP contribution is -2.10. The number of ether oxygens (including phenoxy) is 2. The molecule has 1 aliphatic rings. The Labute approximate surface area is 130 Å². The molecule has 1 heterocycles. The molecule has 106 valence electrons. The topological polar surface area (TPSA) is 48.7 Å². The van der Waals surface area contributed by atoms with Crippen LogP contribution in [-0.4, -0.2) is 26.3 Å². The van der Waals surface area contributed by atoms with Crippen LogP contribution in [0.1, 0.15) is 34.9 Å². The van der Waals surface area contributed by atoms with Crippen LogP contribution in [-0.2, 0) is 9.47 Å². The molecule has 0 radical (unpaired) electrons. The maximum atomic E-state index is 12.0. The summed E-state index contributed by atoms with van der Waals surface area (Å²) in [4.78, 5) is 12.0. The van der Waals surface area contributed by atoms with Gasteiger partial charge in [0.15, 0.2) is 0 Å². The van der Waals surface area contributed by atoms with E-state index in [2.05, 4.69) is 22.6 Å². The van der Waals surface area contributed by atoms with Crippen LogP contribution in [0, 0.1) is 3.57 Å². The van der Waals surface area contributed by atoms with Gasteiger partial charge in [-0.1, -0.05) is 0 Å². The summed E-state index contributed by atoms with van der Waals surface area (Å²) in [7, 11) is 1.58. The van der Waals surface area contributed by atoms with Crippen LogP contribution < -0.4 is 0 Å². The van der Waals surface area contributed by atoms with Gasteiger partial charge in [0.25, 0.3) is 0 Å². The molecule has 2 aromatic rings. The number of methoxy groups -OCH3 is 1. The van der Waals surface area contributed by atoms with Gasteiger partial charge in [0.2, 0.25) is 0 Å². The molecule has 20 heavy (non-hydrogen) atoms. The molecule has 1 aliphatic carbocycles. The Bertz CT molecular complexity index is 643. The highest BCUT2D eigenvalue weighted by Crippen LogP contribution is 2.42. The summed E-state index contributed by atoms with van der Waals surface area (Å²) in [6.45, 7) is 0.672. The Kier molecular flexibility index (Phi) is 3.98. The van der Waals surface area contributed by atoms with Crippen molar-refractivity contribution in [1.82, 2.24) is 0 Å². The van der Waals surface area contributed by atoms with Crippen molar-refractivity contribution in [3.63, 3.8) is 0 Å². The van der Waals surface area contributed by atoms with E-state index in [1.807, 2.05) is 12.1 Å². The quantitative estimate of drug-likeness (QED) is 0.447. The fraction of sp³-hybridized carbons (Fsp3) is 0.400. The molecule has 0 atom stereocenters. The Hall–Kier alpha value is -1.08. The van der Waals surface area contributed by atoms with E-state index in [0.717, 1.165) is 20.3 Å². The molecule has 4 nitrogen and oxygen atoms in total. The molecule has 1 fully saturated rings. The molecule has 0 saturated heterocycles. The third-order valence-corrected chi connectivity index (χ3v) is 4.13. The molecule has 0 aliphatic heterocycles. The third kappa shape index (κ3) is 2.83. The molecule has 0 spiro atoms. The molecular formula is C15H15IO4. The average molecular weight is 386 g/mol. The molecule has 3 rings (SSSR count). The van der Waals surface area contributed by atoms with E-state index in [0.29, 0.717) is 18.1 Å². The molecule has 0 unspecified atom stereocenters. The van der Waals surface area contributed by atoms with Gasteiger partial charge in [-0.05, 0) is 53.6 Å². The van der Waals surface area contributed by atoms with Gasteiger partial charge in [-0.25, -0.2) is 4.79 Å². The number of carbonyl (C=O) groups excluding carboxylic acids is 1. The van der Waals surface area contributed by atoms with Crippen LogP contribution in [0.5, 0.6) is 0 Å². The van der Waals surface area contributed by atoms with Crippen molar-refractivity contribution in [1.29, 1.82) is 0 Å². The number of halogens is 1. The smallest absolute Gasteiger partial charge is 0.338 e. The van der Waals surface area contributed by atoms with Crippen LogP contribution in [0.25, 0.3) is 11.0 Å². The number of fused-ring (bicyclic) bond motifs is 1. The summed E-state index contributed by atoms with van der Waals surface area (Å²) in [5.41, 5.74) is 1.42. The fourth-order valence-corrected chi connectivity index (χ4v) is 2.88. The number of rotatable bonds is 5. The molecule has 1 aromatic heterocycles. The first-order chi connectivity index (χ1) is 9.69. The molecule has 5 heteroatoms. The predicted octanol–water partition coefficient (Wildman–Crippen LogP) is 3.72. The monoisotopic (exact) mass is 386 g/mol. The minimum atomic E-state index is -0.323. The number of furan rings is 1. The lowest BCUT2D eigenvalue weighted by molar-refractivity contribution is 0.0388. The van der Waals surface area contributed by atoms with Crippen LogP contribution in [0.2, 0.25) is 0 Å². The normalized spacial score (nSPS) is 14.7. The van der Waals surface area contributed by atoms with Crippen LogP contribution in [0.3, 0.4) is 0 Å². The van der Waals surface area contributed by atoms with Crippen LogP contribution >= 0.6 is 22.6 Å². The van der Waals surface area contributed by atoms with Crippen molar-refractivity contribution in [3.8, 4) is 0 Å². The zero-order valence-electron chi connectivity index (χ0n) is 11.1. The summed E-state index contributed by atoms with van der Waals surface area (Å²) >= 11 is 2.19. The first kappa shape index (κ1) is 13.9. The molecule has 0 N–H and O–H groups in total. The van der Waals surface area contributed by atoms with E-state index in [1.165, 1.54) is 12.8 Å². The number of carbonyl (C=O) groups is 1. The SMILES string of the molecule is COCCOC(=O)c1cc(I)c2oc(C3CC3)cc2c1. The minimum Gasteiger partial charge on any atom is -0.460 e. The van der Waals surface area contributed by atoms with Crippen molar-refractivity contribution in [2.45, 2.75) is 18.8 Å². The second-order valence-electron chi connectivity index (χ2n) is 4.93. The predicted molar refractivity (Wildman–Crippen MR) is 83.1 cm³/mol. The Morgan fingerprint density at radius 1 is 1.35 bits per heavy atom. The van der Waals surface area contributed by atoms with Crippen LogP contribution in [0.15, 0.2) is 22.6 Å². The summed E-state index contributed by atoms with van der Waals surface area (Å²) in [5, 5.41) is 0.970. The minimum absolute atomic E-state index is 0.267. The van der Waals surface area contributed by atoms with E-state index in [1.54, 1.807) is 13.2 Å². The molecule has 0 amide bonds. The summed E-state index contributed by atoms with van der Waals surface area (Å²) in [6, 6.07) is 5.68. The van der Waals surface area contributed by atoms with Gasteiger partial charge >= 0.3 is 5.97 Å². The Morgan fingerprint density at radius 3 is 2.85 bits per heavy atom. The maximum Gasteiger partial charge on any atom is 0.338 e. The molecule has 1 saturated carbocycles. The first-order valence-corrected chi connectivity index (χ1v) is 7.66. The van der Waals surface area contributed by atoms with E-state index < -0.39 is 0 Å². The highest BCUT2D eigenvalue weighted by molar-refractivity contribution is 14.1. The van der Waals surface area contributed by atoms with Gasteiger partial charge in [-0.2, -0.15) is 0 Å². The van der Waals surface area contributed by atoms with E-state index in [-0.39, 0.29) is 12.6 Å². The number of esters is 1. The first-order valence-electron chi connectivity index (χ1n) is 6.58. The largest absolute Gasteiger partial charge is 0.460 e. The second kappa shape index (κ2) is 5.73. The fourth-order valence-electron chi connectivity index (χ4n) is 2.12. The molecular weight excluding hydrogens is 371 g/mol. The number of benzene rings is 1. The van der Waals surface area contributed by atoms with Crippen molar-refractivity contribution < 1.29 is 18.7 Å². The van der Waals surface area contributed by atoms with Crippen LogP contribution in [0.4, 0.5) is 0 Å². The van der Waals surface area contributed by atoms with Gasteiger partial charge in [0.05, 0.1) is 15.7 Å². The highest BCUT2D eigenvalue weighted by Gasteiger charge is 2.27. The summed E-state index contributed by atoms with van der Waals surface area (Å²) < 4.78 is 16.8. The summed E-state index contributed by atoms with van der Waals surface area (Å²) in [6.07, 6.45) is 2.39. The van der Waals surface area contributed by atoms with Gasteiger partial charge < -0.3 is 13.9 Å². The zero-order valence-corrected chi connectivity index (χ0v) is 13.3. The Balaban J connectivity index is 1.86. The van der Waals surface area contributed by atoms with Crippen molar-refractivity contribution in [2.75, 3.05) is 20.3 Å². The maximum absolute atomic E-state index is 12.0. The lowest BCUT2D eigenvalue weighted by Gasteiger charge is -2.04. The van der Waals surface area contributed by atoms with E-state index >= 15 is 0 Å². The average Bonchev–Trinajstić information content (AvgIpc) is 3.18. The van der Waals surface area contributed by atoms with Crippen molar-refractivity contribution >= 4 is 39.5 Å². The van der Waals surface area contributed by atoms with Crippen molar-refractivity contribution in [2.24, 2.45) is 0 Å². The zero-order chi connectivity index (χ0) is 14.1. The standard InChI is InChI=1S/C15H15IO4/c1-18-4-5-19-15(17)11-6-10-8-13(9-2-3-9)20-14(10)12(16)7-11/h6-9H,2-5H2,1H3. The van der Waals surface area contributed by atoms with Gasteiger partial charge in [-0.15, -0.1) is 0 Å². The number of hydrogen-bond donors (Lipinski definition) is 0. The van der Waals surface area contributed by atoms with Gasteiger partial charge in [0, 0.05) is 18.4 Å². The molecule has 0 bridgehead atoms. The second-order valence-corrected chi connectivity index (χ2v) is 6.09. The van der Waals surface area contributed by atoms with E-state index in [4.69, 9.17) is 13.9 Å². The molecule has 1 aromatic carbocycles. The van der Waals surface area contributed by atoms with E-state index in [9.17, 15) is 4.79 Å².